The third-order valence-electron chi connectivity index (χ3n) is 3.78. The largest absolute Gasteiger partial charge is 0.494 e. The molecule has 0 saturated heterocycles. The smallest absolute Gasteiger partial charge is 0.303 e. The van der Waals surface area contributed by atoms with Gasteiger partial charge in [-0.05, 0) is 18.8 Å². The van der Waals surface area contributed by atoms with Crippen LogP contribution in [0.3, 0.4) is 0 Å². The lowest BCUT2D eigenvalue weighted by Crippen LogP contribution is -2.13. The Labute approximate surface area is 122 Å². The molecular weight excluding hydrogens is 279 g/mol. The van der Waals surface area contributed by atoms with Crippen LogP contribution in [-0.2, 0) is 4.79 Å². The van der Waals surface area contributed by atoms with Crippen LogP contribution in [0.2, 0.25) is 0 Å². The average Bonchev–Trinajstić information content (AvgIpc) is 3.28. The van der Waals surface area contributed by atoms with Crippen LogP contribution >= 0.6 is 0 Å². The van der Waals surface area contributed by atoms with Gasteiger partial charge in [0.25, 0.3) is 0 Å². The molecule has 21 heavy (non-hydrogen) atoms. The molecule has 5 nitrogen and oxygen atoms in total. The predicted octanol–water partition coefficient (Wildman–Crippen LogP) is 2.82. The standard InChI is InChI=1S/C15H19FO5/c1-19-10-7-11(20-2)15(21-3)13(14(10)16)9(6-12(17)18)8-4-5-8/h7-9H,4-6H2,1-3H3,(H,17,18). The molecule has 0 radical (unpaired) electrons. The van der Waals surface area contributed by atoms with Gasteiger partial charge in [-0.1, -0.05) is 0 Å². The average molecular weight is 298 g/mol. The topological polar surface area (TPSA) is 65.0 Å². The highest BCUT2D eigenvalue weighted by Crippen LogP contribution is 2.51. The number of hydrogen-bond acceptors (Lipinski definition) is 4. The lowest BCUT2D eigenvalue weighted by Gasteiger charge is -2.22. The summed E-state index contributed by atoms with van der Waals surface area (Å²) in [7, 11) is 4.22. The first kappa shape index (κ1) is 15.4. The lowest BCUT2D eigenvalue weighted by atomic mass is 9.89. The first-order valence-corrected chi connectivity index (χ1v) is 6.73. The Hall–Kier alpha value is -1.98. The Morgan fingerprint density at radius 1 is 1.29 bits per heavy atom. The van der Waals surface area contributed by atoms with Crippen molar-refractivity contribution >= 4 is 5.97 Å². The van der Waals surface area contributed by atoms with E-state index in [0.717, 1.165) is 12.8 Å². The molecule has 0 spiro atoms. The van der Waals surface area contributed by atoms with Gasteiger partial charge in [-0.3, -0.25) is 4.79 Å². The molecular formula is C15H19FO5. The summed E-state index contributed by atoms with van der Waals surface area (Å²) in [6.07, 6.45) is 1.63. The number of carbonyl (C=O) groups is 1. The lowest BCUT2D eigenvalue weighted by molar-refractivity contribution is -0.137. The van der Waals surface area contributed by atoms with Crippen LogP contribution in [0.1, 0.15) is 30.7 Å². The van der Waals surface area contributed by atoms with Crippen molar-refractivity contribution in [1.29, 1.82) is 0 Å². The summed E-state index contributed by atoms with van der Waals surface area (Å²) in [5.74, 6) is -1.22. The molecule has 1 saturated carbocycles. The van der Waals surface area contributed by atoms with Crippen molar-refractivity contribution < 1.29 is 28.5 Å². The van der Waals surface area contributed by atoms with Gasteiger partial charge in [-0.2, -0.15) is 0 Å². The highest BCUT2D eigenvalue weighted by atomic mass is 19.1. The number of aliphatic carboxylic acids is 1. The van der Waals surface area contributed by atoms with Gasteiger partial charge < -0.3 is 19.3 Å². The third kappa shape index (κ3) is 3.04. The molecule has 1 aliphatic carbocycles. The van der Waals surface area contributed by atoms with Gasteiger partial charge in [0.2, 0.25) is 0 Å². The molecule has 1 unspecified atom stereocenters. The van der Waals surface area contributed by atoms with Gasteiger partial charge in [0, 0.05) is 17.5 Å². The van der Waals surface area contributed by atoms with Crippen LogP contribution in [-0.4, -0.2) is 32.4 Å². The van der Waals surface area contributed by atoms with Gasteiger partial charge in [-0.15, -0.1) is 0 Å². The van der Waals surface area contributed by atoms with E-state index in [4.69, 9.17) is 19.3 Å². The van der Waals surface area contributed by atoms with Crippen molar-refractivity contribution in [2.45, 2.75) is 25.2 Å². The number of benzene rings is 1. The Morgan fingerprint density at radius 2 is 1.90 bits per heavy atom. The Bertz CT molecular complexity index is 539. The van der Waals surface area contributed by atoms with Crippen molar-refractivity contribution in [3.05, 3.63) is 17.4 Å². The van der Waals surface area contributed by atoms with Gasteiger partial charge in [-0.25, -0.2) is 4.39 Å². The number of halogens is 1. The van der Waals surface area contributed by atoms with E-state index in [-0.39, 0.29) is 29.4 Å². The van der Waals surface area contributed by atoms with Crippen molar-refractivity contribution in [1.82, 2.24) is 0 Å². The van der Waals surface area contributed by atoms with E-state index in [1.54, 1.807) is 0 Å². The zero-order valence-electron chi connectivity index (χ0n) is 12.3. The van der Waals surface area contributed by atoms with E-state index >= 15 is 0 Å². The normalized spacial score (nSPS) is 15.4. The number of rotatable bonds is 7. The summed E-state index contributed by atoms with van der Waals surface area (Å²) >= 11 is 0. The maximum Gasteiger partial charge on any atom is 0.303 e. The molecule has 1 aromatic rings. The fourth-order valence-corrected chi connectivity index (χ4v) is 2.65. The number of carboxylic acids is 1. The van der Waals surface area contributed by atoms with Gasteiger partial charge in [0.1, 0.15) is 0 Å². The highest BCUT2D eigenvalue weighted by Gasteiger charge is 2.39. The van der Waals surface area contributed by atoms with Crippen molar-refractivity contribution in [2.24, 2.45) is 5.92 Å². The second-order valence-corrected chi connectivity index (χ2v) is 5.08. The van der Waals surface area contributed by atoms with Gasteiger partial charge in [0.15, 0.2) is 23.1 Å². The SMILES string of the molecule is COc1cc(OC)c(OC)c(C(CC(=O)O)C2CC2)c1F. The molecule has 1 fully saturated rings. The van der Waals surface area contributed by atoms with E-state index in [1.807, 2.05) is 0 Å². The van der Waals surface area contributed by atoms with Gasteiger partial charge in [0.05, 0.1) is 27.8 Å². The monoisotopic (exact) mass is 298 g/mol. The summed E-state index contributed by atoms with van der Waals surface area (Å²) in [6, 6.07) is 1.41. The maximum absolute atomic E-state index is 14.7. The van der Waals surface area contributed by atoms with Crippen LogP contribution in [0.25, 0.3) is 0 Å². The Morgan fingerprint density at radius 3 is 2.33 bits per heavy atom. The second kappa shape index (κ2) is 6.20. The molecule has 0 aromatic heterocycles. The van der Waals surface area contributed by atoms with E-state index in [2.05, 4.69) is 0 Å². The van der Waals surface area contributed by atoms with Gasteiger partial charge >= 0.3 is 5.97 Å². The molecule has 2 rings (SSSR count). The molecule has 116 valence electrons. The van der Waals surface area contributed by atoms with Crippen molar-refractivity contribution in [3.63, 3.8) is 0 Å². The van der Waals surface area contributed by atoms with Crippen molar-refractivity contribution in [3.8, 4) is 17.2 Å². The zero-order valence-corrected chi connectivity index (χ0v) is 12.3. The maximum atomic E-state index is 14.7. The van der Waals surface area contributed by atoms with Crippen LogP contribution < -0.4 is 14.2 Å². The first-order valence-electron chi connectivity index (χ1n) is 6.73. The van der Waals surface area contributed by atoms with E-state index in [9.17, 15) is 9.18 Å². The summed E-state index contributed by atoms with van der Waals surface area (Å²) in [5, 5.41) is 9.10. The number of ether oxygens (including phenoxy) is 3. The molecule has 0 heterocycles. The fraction of sp³-hybridized carbons (Fsp3) is 0.533. The van der Waals surface area contributed by atoms with Crippen LogP contribution in [0.4, 0.5) is 4.39 Å². The minimum atomic E-state index is -0.963. The minimum absolute atomic E-state index is 0.0266. The molecule has 0 amide bonds. The zero-order chi connectivity index (χ0) is 15.6. The van der Waals surface area contributed by atoms with E-state index in [1.165, 1.54) is 27.4 Å². The predicted molar refractivity (Wildman–Crippen MR) is 73.8 cm³/mol. The quantitative estimate of drug-likeness (QED) is 0.838. The van der Waals surface area contributed by atoms with Crippen LogP contribution in [0.15, 0.2) is 6.07 Å². The third-order valence-corrected chi connectivity index (χ3v) is 3.78. The summed E-state index contributed by atoms with van der Waals surface area (Å²) in [5.41, 5.74) is 0.235. The molecule has 0 bridgehead atoms. The minimum Gasteiger partial charge on any atom is -0.494 e. The molecule has 1 aliphatic rings. The molecule has 1 atom stereocenters. The Balaban J connectivity index is 2.59. The summed E-state index contributed by atoms with van der Waals surface area (Å²) < 4.78 is 30.2. The number of carboxylic acid groups (broad SMARTS) is 1. The van der Waals surface area contributed by atoms with E-state index < -0.39 is 17.7 Å². The molecule has 0 aliphatic heterocycles. The summed E-state index contributed by atoms with van der Waals surface area (Å²) in [6.45, 7) is 0. The molecule has 6 heteroatoms. The fourth-order valence-electron chi connectivity index (χ4n) is 2.65. The molecule has 1 N–H and O–H groups in total. The number of methoxy groups -OCH3 is 3. The van der Waals surface area contributed by atoms with Crippen molar-refractivity contribution in [2.75, 3.05) is 21.3 Å². The van der Waals surface area contributed by atoms with Crippen LogP contribution in [0, 0.1) is 11.7 Å². The Kier molecular flexibility index (Phi) is 4.55. The highest BCUT2D eigenvalue weighted by molar-refractivity contribution is 5.69. The van der Waals surface area contributed by atoms with Crippen LogP contribution in [0.5, 0.6) is 17.2 Å². The number of hydrogen-bond donors (Lipinski definition) is 1. The molecule has 1 aromatic carbocycles. The van der Waals surface area contributed by atoms with E-state index in [0.29, 0.717) is 5.75 Å². The second-order valence-electron chi connectivity index (χ2n) is 5.08. The first-order chi connectivity index (χ1) is 10.0. The summed E-state index contributed by atoms with van der Waals surface area (Å²) in [4.78, 5) is 11.1.